The second-order valence-corrected chi connectivity index (χ2v) is 7.04. The maximum absolute atomic E-state index is 12.8. The van der Waals surface area contributed by atoms with Gasteiger partial charge in [0.1, 0.15) is 5.75 Å². The Kier molecular flexibility index (Phi) is 3.77. The third-order valence-electron chi connectivity index (χ3n) is 5.32. The lowest BCUT2D eigenvalue weighted by Gasteiger charge is -2.26. The maximum Gasteiger partial charge on any atom is 0.228 e. The number of phenols is 1. The van der Waals surface area contributed by atoms with E-state index in [1.165, 1.54) is 11.1 Å². The molecule has 2 aromatic carbocycles. The van der Waals surface area contributed by atoms with Crippen molar-refractivity contribution in [2.45, 2.75) is 25.9 Å². The molecule has 0 aromatic heterocycles. The van der Waals surface area contributed by atoms with E-state index in [9.17, 15) is 9.90 Å². The molecule has 4 heteroatoms. The first-order chi connectivity index (χ1) is 11.6. The van der Waals surface area contributed by atoms with Gasteiger partial charge in [0.2, 0.25) is 5.91 Å². The second kappa shape index (κ2) is 5.95. The Bertz CT molecular complexity index is 774. The lowest BCUT2D eigenvalue weighted by atomic mass is 9.80. The highest BCUT2D eigenvalue weighted by Crippen LogP contribution is 2.37. The number of nitrogens with one attached hydrogen (secondary N) is 1. The number of carbonyl (C=O) groups excluding carboxylic acids is 1. The number of likely N-dealkylation sites (tertiary alicyclic amines) is 1. The van der Waals surface area contributed by atoms with Crippen LogP contribution in [0.3, 0.4) is 0 Å². The molecule has 2 aliphatic rings. The van der Waals surface area contributed by atoms with Gasteiger partial charge in [-0.3, -0.25) is 9.69 Å². The Balaban J connectivity index is 1.54. The minimum atomic E-state index is -0.330. The molecule has 0 bridgehead atoms. The molecule has 1 atom stereocenters. The molecule has 4 rings (SSSR count). The monoisotopic (exact) mass is 322 g/mol. The summed E-state index contributed by atoms with van der Waals surface area (Å²) in [6, 6.07) is 15.7. The second-order valence-electron chi connectivity index (χ2n) is 7.04. The summed E-state index contributed by atoms with van der Waals surface area (Å²) in [6.45, 7) is 3.07. The molecule has 2 aromatic rings. The predicted octanol–water partition coefficient (Wildman–Crippen LogP) is 2.46. The average molecular weight is 322 g/mol. The fourth-order valence-corrected chi connectivity index (χ4v) is 4.05. The van der Waals surface area contributed by atoms with Crippen LogP contribution in [0.15, 0.2) is 48.5 Å². The smallest absolute Gasteiger partial charge is 0.228 e. The van der Waals surface area contributed by atoms with E-state index >= 15 is 0 Å². The van der Waals surface area contributed by atoms with E-state index in [2.05, 4.69) is 28.4 Å². The molecule has 124 valence electrons. The highest BCUT2D eigenvalue weighted by atomic mass is 16.3. The van der Waals surface area contributed by atoms with Crippen LogP contribution in [0.5, 0.6) is 5.75 Å². The molecule has 2 N–H and O–H groups in total. The summed E-state index contributed by atoms with van der Waals surface area (Å²) >= 11 is 0. The summed E-state index contributed by atoms with van der Waals surface area (Å²) in [4.78, 5) is 15.1. The molecule has 1 saturated heterocycles. The van der Waals surface area contributed by atoms with Crippen molar-refractivity contribution in [3.05, 3.63) is 65.2 Å². The van der Waals surface area contributed by atoms with Crippen LogP contribution in [0.1, 0.15) is 23.1 Å². The molecule has 0 aliphatic carbocycles. The molecule has 1 amide bonds. The Morgan fingerprint density at radius 1 is 1.12 bits per heavy atom. The minimum absolute atomic E-state index is 0.178. The van der Waals surface area contributed by atoms with E-state index in [-0.39, 0.29) is 11.3 Å². The molecule has 24 heavy (non-hydrogen) atoms. The summed E-state index contributed by atoms with van der Waals surface area (Å²) in [5.74, 6) is 0.472. The van der Waals surface area contributed by atoms with E-state index in [1.54, 1.807) is 12.1 Å². The van der Waals surface area contributed by atoms with E-state index in [0.29, 0.717) is 12.3 Å². The zero-order valence-corrected chi connectivity index (χ0v) is 13.7. The maximum atomic E-state index is 12.8. The molecule has 2 heterocycles. The number of fused-ring (bicyclic) bond motifs is 1. The van der Waals surface area contributed by atoms with Crippen LogP contribution < -0.4 is 5.32 Å². The van der Waals surface area contributed by atoms with Crippen molar-refractivity contribution >= 4 is 5.91 Å². The average Bonchev–Trinajstić information content (AvgIpc) is 2.91. The molecular formula is C20H22N2O2. The topological polar surface area (TPSA) is 52.6 Å². The molecule has 1 spiro atoms. The third kappa shape index (κ3) is 2.78. The van der Waals surface area contributed by atoms with Crippen molar-refractivity contribution in [2.75, 3.05) is 13.1 Å². The van der Waals surface area contributed by atoms with Crippen LogP contribution in [0.25, 0.3) is 0 Å². The SMILES string of the molecule is O=C1NCc2ccccc2CC12CCN(Cc1cccc(O)c1)C2. The fraction of sp³-hybridized carbons (Fsp3) is 0.350. The van der Waals surface area contributed by atoms with Crippen molar-refractivity contribution in [2.24, 2.45) is 5.41 Å². The number of phenolic OH excluding ortho intramolecular Hbond substituents is 1. The van der Waals surface area contributed by atoms with Crippen molar-refractivity contribution in [3.8, 4) is 5.75 Å². The van der Waals surface area contributed by atoms with Crippen LogP contribution in [0, 0.1) is 5.41 Å². The van der Waals surface area contributed by atoms with Gasteiger partial charge in [0.05, 0.1) is 5.41 Å². The van der Waals surface area contributed by atoms with Crippen molar-refractivity contribution in [1.82, 2.24) is 10.2 Å². The number of aromatic hydroxyl groups is 1. The summed E-state index contributed by atoms with van der Waals surface area (Å²) in [5, 5.41) is 12.8. The first kappa shape index (κ1) is 15.2. The van der Waals surface area contributed by atoms with Gasteiger partial charge in [-0.05, 0) is 48.2 Å². The summed E-state index contributed by atoms with van der Waals surface area (Å²) in [6.07, 6.45) is 1.69. The number of hydrogen-bond acceptors (Lipinski definition) is 3. The molecule has 0 radical (unpaired) electrons. The van der Waals surface area contributed by atoms with Gasteiger partial charge in [-0.25, -0.2) is 0 Å². The normalized spacial score (nSPS) is 23.8. The Morgan fingerprint density at radius 3 is 2.79 bits per heavy atom. The summed E-state index contributed by atoms with van der Waals surface area (Å²) in [5.41, 5.74) is 3.27. The van der Waals surface area contributed by atoms with Gasteiger partial charge in [-0.1, -0.05) is 36.4 Å². The number of hydrogen-bond donors (Lipinski definition) is 2. The minimum Gasteiger partial charge on any atom is -0.508 e. The van der Waals surface area contributed by atoms with Crippen LogP contribution in [0.2, 0.25) is 0 Å². The number of carbonyl (C=O) groups is 1. The zero-order valence-electron chi connectivity index (χ0n) is 13.7. The first-order valence-corrected chi connectivity index (χ1v) is 8.50. The van der Waals surface area contributed by atoms with E-state index in [1.807, 2.05) is 18.2 Å². The zero-order chi connectivity index (χ0) is 16.6. The Morgan fingerprint density at radius 2 is 1.96 bits per heavy atom. The lowest BCUT2D eigenvalue weighted by molar-refractivity contribution is -0.130. The third-order valence-corrected chi connectivity index (χ3v) is 5.32. The molecule has 2 aliphatic heterocycles. The van der Waals surface area contributed by atoms with E-state index in [0.717, 1.165) is 38.0 Å². The molecule has 1 unspecified atom stereocenters. The Hall–Kier alpha value is -2.33. The summed E-state index contributed by atoms with van der Waals surface area (Å²) in [7, 11) is 0. The van der Waals surface area contributed by atoms with Crippen LogP contribution in [-0.4, -0.2) is 29.0 Å². The van der Waals surface area contributed by atoms with Crippen LogP contribution in [-0.2, 0) is 24.3 Å². The van der Waals surface area contributed by atoms with Crippen molar-refractivity contribution in [1.29, 1.82) is 0 Å². The van der Waals surface area contributed by atoms with E-state index in [4.69, 9.17) is 0 Å². The standard InChI is InChI=1S/C20H22N2O2/c23-18-7-3-4-15(10-18)13-22-9-8-20(14-22)11-16-5-1-2-6-17(16)12-21-19(20)24/h1-7,10,23H,8-9,11-14H2,(H,21,24). The molecule has 1 fully saturated rings. The first-order valence-electron chi connectivity index (χ1n) is 8.50. The van der Waals surface area contributed by atoms with Crippen LogP contribution in [0.4, 0.5) is 0 Å². The van der Waals surface area contributed by atoms with Gasteiger partial charge in [0.15, 0.2) is 0 Å². The van der Waals surface area contributed by atoms with E-state index < -0.39 is 0 Å². The van der Waals surface area contributed by atoms with Gasteiger partial charge < -0.3 is 10.4 Å². The van der Waals surface area contributed by atoms with Gasteiger partial charge in [0.25, 0.3) is 0 Å². The number of nitrogens with zero attached hydrogens (tertiary/aromatic N) is 1. The molecule has 4 nitrogen and oxygen atoms in total. The number of rotatable bonds is 2. The quantitative estimate of drug-likeness (QED) is 0.893. The Labute approximate surface area is 142 Å². The molecule has 0 saturated carbocycles. The lowest BCUT2D eigenvalue weighted by Crippen LogP contribution is -2.42. The van der Waals surface area contributed by atoms with Crippen molar-refractivity contribution < 1.29 is 9.90 Å². The van der Waals surface area contributed by atoms with Gasteiger partial charge >= 0.3 is 0 Å². The van der Waals surface area contributed by atoms with Gasteiger partial charge in [0, 0.05) is 19.6 Å². The number of amides is 1. The van der Waals surface area contributed by atoms with Gasteiger partial charge in [-0.15, -0.1) is 0 Å². The fourth-order valence-electron chi connectivity index (χ4n) is 4.05. The highest BCUT2D eigenvalue weighted by Gasteiger charge is 2.45. The molecular weight excluding hydrogens is 300 g/mol. The highest BCUT2D eigenvalue weighted by molar-refractivity contribution is 5.84. The van der Waals surface area contributed by atoms with Gasteiger partial charge in [-0.2, -0.15) is 0 Å². The largest absolute Gasteiger partial charge is 0.508 e. The summed E-state index contributed by atoms with van der Waals surface area (Å²) < 4.78 is 0. The van der Waals surface area contributed by atoms with Crippen molar-refractivity contribution in [3.63, 3.8) is 0 Å². The predicted molar refractivity (Wildman–Crippen MR) is 92.4 cm³/mol. The van der Waals surface area contributed by atoms with Crippen LogP contribution >= 0.6 is 0 Å². The number of benzene rings is 2.